The summed E-state index contributed by atoms with van der Waals surface area (Å²) < 4.78 is 0.243. The van der Waals surface area contributed by atoms with E-state index >= 15 is 0 Å². The van der Waals surface area contributed by atoms with Crippen LogP contribution in [0.3, 0.4) is 0 Å². The summed E-state index contributed by atoms with van der Waals surface area (Å²) in [4.78, 5) is 32.9. The fourth-order valence-electron chi connectivity index (χ4n) is 2.79. The van der Waals surface area contributed by atoms with Gasteiger partial charge in [0.25, 0.3) is 11.8 Å². The molecule has 7 heteroatoms. The highest BCUT2D eigenvalue weighted by Gasteiger charge is 2.37. The topological polar surface area (TPSA) is 53.5 Å². The van der Waals surface area contributed by atoms with Gasteiger partial charge in [-0.25, -0.2) is 4.90 Å². The number of pyridine rings is 1. The van der Waals surface area contributed by atoms with Crippen LogP contribution in [0.25, 0.3) is 6.08 Å². The number of carbonyl (C=O) groups excluding carboxylic acids is 2. The van der Waals surface area contributed by atoms with E-state index in [1.807, 2.05) is 24.3 Å². The monoisotopic (exact) mass is 397 g/mol. The molecule has 0 aliphatic carbocycles. The Balaban J connectivity index is 1.81. The highest BCUT2D eigenvalue weighted by Crippen LogP contribution is 2.33. The maximum atomic E-state index is 12.7. The highest BCUT2D eigenvalue weighted by molar-refractivity contribution is 8.26. The van der Waals surface area contributed by atoms with Gasteiger partial charge < -0.3 is 4.90 Å². The largest absolute Gasteiger partial charge is 0.372 e. The van der Waals surface area contributed by atoms with Crippen LogP contribution in [-0.4, -0.2) is 39.1 Å². The summed E-state index contributed by atoms with van der Waals surface area (Å²) in [6.45, 7) is 6.10. The van der Waals surface area contributed by atoms with Crippen LogP contribution in [0.2, 0.25) is 0 Å². The third kappa shape index (κ3) is 4.09. The van der Waals surface area contributed by atoms with Crippen LogP contribution in [0.15, 0.2) is 53.7 Å². The minimum absolute atomic E-state index is 0.243. The molecular formula is C20H19N3O2S2. The molecule has 2 heterocycles. The fourth-order valence-corrected chi connectivity index (χ4v) is 4.04. The van der Waals surface area contributed by atoms with Gasteiger partial charge >= 0.3 is 0 Å². The van der Waals surface area contributed by atoms with Crippen LogP contribution < -0.4 is 4.90 Å². The lowest BCUT2D eigenvalue weighted by atomic mass is 10.1. The number of rotatable bonds is 5. The second-order valence-electron chi connectivity index (χ2n) is 5.82. The van der Waals surface area contributed by atoms with Crippen molar-refractivity contribution in [1.82, 2.24) is 9.88 Å². The maximum absolute atomic E-state index is 12.7. The Kier molecular flexibility index (Phi) is 6.03. The lowest BCUT2D eigenvalue weighted by Gasteiger charge is -2.20. The van der Waals surface area contributed by atoms with Crippen LogP contribution in [-0.2, 0) is 4.79 Å². The number of aromatic nitrogens is 1. The van der Waals surface area contributed by atoms with Crippen LogP contribution in [0, 0.1) is 0 Å². The van der Waals surface area contributed by atoms with Crippen molar-refractivity contribution in [2.45, 2.75) is 13.8 Å². The van der Waals surface area contributed by atoms with E-state index in [9.17, 15) is 9.59 Å². The zero-order chi connectivity index (χ0) is 19.4. The number of hydrogen-bond acceptors (Lipinski definition) is 6. The van der Waals surface area contributed by atoms with Crippen molar-refractivity contribution in [2.24, 2.45) is 0 Å². The molecule has 0 atom stereocenters. The van der Waals surface area contributed by atoms with Crippen molar-refractivity contribution in [3.8, 4) is 0 Å². The van der Waals surface area contributed by atoms with Gasteiger partial charge in [-0.3, -0.25) is 14.6 Å². The molecule has 0 radical (unpaired) electrons. The number of amides is 2. The van der Waals surface area contributed by atoms with Crippen molar-refractivity contribution in [3.63, 3.8) is 0 Å². The number of hydrogen-bond donors (Lipinski definition) is 0. The molecule has 5 nitrogen and oxygen atoms in total. The molecule has 1 fully saturated rings. The summed E-state index contributed by atoms with van der Waals surface area (Å²) in [6, 6.07) is 11.1. The van der Waals surface area contributed by atoms with Gasteiger partial charge in [-0.05, 0) is 49.8 Å². The van der Waals surface area contributed by atoms with Crippen LogP contribution in [0.5, 0.6) is 0 Å². The van der Waals surface area contributed by atoms with Gasteiger partial charge in [0, 0.05) is 36.7 Å². The van der Waals surface area contributed by atoms with Crippen molar-refractivity contribution in [1.29, 1.82) is 0 Å². The van der Waals surface area contributed by atoms with Crippen LogP contribution in [0.1, 0.15) is 29.8 Å². The zero-order valence-corrected chi connectivity index (χ0v) is 16.7. The van der Waals surface area contributed by atoms with E-state index in [1.165, 1.54) is 12.4 Å². The Morgan fingerprint density at radius 3 is 2.37 bits per heavy atom. The average molecular weight is 398 g/mol. The van der Waals surface area contributed by atoms with Crippen molar-refractivity contribution >= 4 is 51.9 Å². The van der Waals surface area contributed by atoms with E-state index in [0.29, 0.717) is 10.5 Å². The average Bonchev–Trinajstić information content (AvgIpc) is 2.97. The summed E-state index contributed by atoms with van der Waals surface area (Å²) in [5, 5.41) is 0. The number of thioether (sulfide) groups is 1. The first-order valence-corrected chi connectivity index (χ1v) is 9.85. The van der Waals surface area contributed by atoms with Gasteiger partial charge in [-0.2, -0.15) is 0 Å². The van der Waals surface area contributed by atoms with E-state index in [-0.39, 0.29) is 10.2 Å². The van der Waals surface area contributed by atoms with E-state index < -0.39 is 5.91 Å². The SMILES string of the molecule is CCN(CC)c1ccc(/C=C2\SC(=S)N(C(=O)c3ccncc3)C2=O)cc1. The second-order valence-corrected chi connectivity index (χ2v) is 7.50. The molecule has 1 aromatic heterocycles. The molecular weight excluding hydrogens is 378 g/mol. The summed E-state index contributed by atoms with van der Waals surface area (Å²) in [7, 11) is 0. The predicted octanol–water partition coefficient (Wildman–Crippen LogP) is 3.97. The molecule has 2 aromatic rings. The van der Waals surface area contributed by atoms with Crippen molar-refractivity contribution in [2.75, 3.05) is 18.0 Å². The first-order chi connectivity index (χ1) is 13.0. The molecule has 3 rings (SSSR count). The van der Waals surface area contributed by atoms with Crippen molar-refractivity contribution in [3.05, 3.63) is 64.8 Å². The van der Waals surface area contributed by atoms with E-state index in [1.54, 1.807) is 18.2 Å². The van der Waals surface area contributed by atoms with Gasteiger partial charge in [0.05, 0.1) is 4.91 Å². The Morgan fingerprint density at radius 1 is 1.15 bits per heavy atom. The number of nitrogens with zero attached hydrogens (tertiary/aromatic N) is 3. The fraction of sp³-hybridized carbons (Fsp3) is 0.200. The van der Waals surface area contributed by atoms with Gasteiger partial charge in [-0.15, -0.1) is 0 Å². The normalized spacial score (nSPS) is 15.5. The minimum Gasteiger partial charge on any atom is -0.372 e. The first kappa shape index (κ1) is 19.3. The number of anilines is 1. The molecule has 0 unspecified atom stereocenters. The van der Waals surface area contributed by atoms with Gasteiger partial charge in [0.1, 0.15) is 0 Å². The lowest BCUT2D eigenvalue weighted by Crippen LogP contribution is -2.34. The minimum atomic E-state index is -0.430. The summed E-state index contributed by atoms with van der Waals surface area (Å²) in [6.07, 6.45) is 4.79. The number of imide groups is 1. The molecule has 1 aliphatic heterocycles. The summed E-state index contributed by atoms with van der Waals surface area (Å²) in [5.41, 5.74) is 2.41. The van der Waals surface area contributed by atoms with E-state index in [0.717, 1.165) is 41.0 Å². The second kappa shape index (κ2) is 8.45. The van der Waals surface area contributed by atoms with Crippen LogP contribution in [0.4, 0.5) is 5.69 Å². The van der Waals surface area contributed by atoms with E-state index in [4.69, 9.17) is 12.2 Å². The molecule has 0 spiro atoms. The molecule has 0 N–H and O–H groups in total. The first-order valence-electron chi connectivity index (χ1n) is 8.62. The Hall–Kier alpha value is -2.51. The molecule has 2 amide bonds. The lowest BCUT2D eigenvalue weighted by molar-refractivity contribution is -0.120. The predicted molar refractivity (Wildman–Crippen MR) is 114 cm³/mol. The molecule has 27 heavy (non-hydrogen) atoms. The zero-order valence-electron chi connectivity index (χ0n) is 15.1. The summed E-state index contributed by atoms with van der Waals surface area (Å²) >= 11 is 6.40. The maximum Gasteiger partial charge on any atom is 0.273 e. The Bertz CT molecular complexity index is 891. The Labute approximate surface area is 168 Å². The molecule has 0 bridgehead atoms. The van der Waals surface area contributed by atoms with Crippen molar-refractivity contribution < 1.29 is 9.59 Å². The number of carbonyl (C=O) groups is 2. The van der Waals surface area contributed by atoms with Crippen LogP contribution >= 0.6 is 24.0 Å². The summed E-state index contributed by atoms with van der Waals surface area (Å²) in [5.74, 6) is -0.820. The highest BCUT2D eigenvalue weighted by atomic mass is 32.2. The van der Waals surface area contributed by atoms with E-state index in [2.05, 4.69) is 23.7 Å². The van der Waals surface area contributed by atoms with Gasteiger partial charge in [0.2, 0.25) is 0 Å². The van der Waals surface area contributed by atoms with Gasteiger partial charge in [0.15, 0.2) is 4.32 Å². The smallest absolute Gasteiger partial charge is 0.273 e. The third-order valence-electron chi connectivity index (χ3n) is 4.24. The molecule has 138 valence electrons. The van der Waals surface area contributed by atoms with Gasteiger partial charge in [-0.1, -0.05) is 36.1 Å². The number of benzene rings is 1. The molecule has 1 aliphatic rings. The molecule has 0 saturated carbocycles. The number of thiocarbonyl (C=S) groups is 1. The molecule has 1 aromatic carbocycles. The standard InChI is InChI=1S/C20H19N3O2S2/c1-3-22(4-2)16-7-5-14(6-8-16)13-17-19(25)23(20(26)27-17)18(24)15-9-11-21-12-10-15/h5-13H,3-4H2,1-2H3/b17-13-. The molecule has 1 saturated heterocycles. The quantitative estimate of drug-likeness (QED) is 0.432. The Morgan fingerprint density at radius 2 is 1.78 bits per heavy atom. The third-order valence-corrected chi connectivity index (χ3v) is 5.55.